The molecule has 65 heavy (non-hydrogen) atoms. The third-order valence-corrected chi connectivity index (χ3v) is 11.5. The minimum absolute atomic E-state index is 0. The maximum absolute atomic E-state index is 13.1. The molecule has 11 rings (SSSR count). The van der Waals surface area contributed by atoms with Crippen molar-refractivity contribution in [2.75, 3.05) is 0 Å². The van der Waals surface area contributed by atoms with Crippen LogP contribution in [0.25, 0.3) is 85.0 Å². The number of benzene rings is 7. The normalized spacial score (nSPS) is 11.2. The number of hydrogen-bond acceptors (Lipinski definition) is 10. The van der Waals surface area contributed by atoms with Gasteiger partial charge in [-0.3, -0.25) is 13.2 Å². The Bertz CT molecular complexity index is 3440. The van der Waals surface area contributed by atoms with Gasteiger partial charge in [0.05, 0.1) is 18.0 Å². The van der Waals surface area contributed by atoms with Crippen LogP contribution in [0.4, 0.5) is 13.2 Å². The van der Waals surface area contributed by atoms with Gasteiger partial charge in [-0.05, 0) is 96.3 Å². The van der Waals surface area contributed by atoms with Crippen LogP contribution in [0.15, 0.2) is 157 Å². The molecule has 4 heterocycles. The number of aromatic nitrogens is 6. The topological polar surface area (TPSA) is 86.6 Å². The van der Waals surface area contributed by atoms with Gasteiger partial charge < -0.3 is 4.74 Å². The van der Waals surface area contributed by atoms with Crippen molar-refractivity contribution in [2.24, 2.45) is 0 Å². The second-order valence-electron chi connectivity index (χ2n) is 14.4. The van der Waals surface area contributed by atoms with Crippen molar-refractivity contribution in [2.45, 2.75) is 6.18 Å². The number of thiophene rings is 1. The second-order valence-corrected chi connectivity index (χ2v) is 16.2. The van der Waals surface area contributed by atoms with Gasteiger partial charge in [-0.15, -0.1) is 20.3 Å². The molecular formula is C51H30F3IrN6OS3. The van der Waals surface area contributed by atoms with Crippen LogP contribution >= 0.6 is 36.6 Å². The molecule has 318 valence electrons. The quantitative estimate of drug-likeness (QED) is 0.101. The molecule has 0 amide bonds. The number of alkyl halides is 3. The molecule has 7 aromatic carbocycles. The minimum atomic E-state index is -4.46. The van der Waals surface area contributed by atoms with Gasteiger partial charge in [0.15, 0.2) is 0 Å². The van der Waals surface area contributed by atoms with Gasteiger partial charge >= 0.3 is 26.3 Å². The summed E-state index contributed by atoms with van der Waals surface area (Å²) in [5.41, 5.74) is 1.14. The van der Waals surface area contributed by atoms with Crippen LogP contribution in [0, 0.1) is 19.2 Å². The van der Waals surface area contributed by atoms with Crippen LogP contribution in [-0.4, -0.2) is 30.6 Å². The molecule has 0 atom stereocenters. The third kappa shape index (κ3) is 9.78. The van der Waals surface area contributed by atoms with E-state index in [-0.39, 0.29) is 31.7 Å². The molecular weight excluding hydrogens is 1060 g/mol. The van der Waals surface area contributed by atoms with E-state index < -0.39 is 11.7 Å². The Hall–Kier alpha value is -6.54. The van der Waals surface area contributed by atoms with Crippen molar-refractivity contribution in [1.29, 1.82) is 0 Å². The summed E-state index contributed by atoms with van der Waals surface area (Å²) in [5.74, 6) is 0.194. The van der Waals surface area contributed by atoms with Gasteiger partial charge in [-0.2, -0.15) is 60.8 Å². The largest absolute Gasteiger partial charge is 3.00 e. The number of halogens is 3. The zero-order valence-electron chi connectivity index (χ0n) is 33.5. The number of rotatable bonds is 5. The van der Waals surface area contributed by atoms with Crippen molar-refractivity contribution in [3.05, 3.63) is 193 Å². The molecule has 0 unspecified atom stereocenters. The average Bonchev–Trinajstić information content (AvgIpc) is 3.84. The fourth-order valence-corrected chi connectivity index (χ4v) is 8.20. The summed E-state index contributed by atoms with van der Waals surface area (Å²) in [4.78, 5) is 1.60. The molecule has 0 saturated carbocycles. The number of hydrogen-bond donors (Lipinski definition) is 2. The summed E-state index contributed by atoms with van der Waals surface area (Å²) < 4.78 is 44.9. The molecule has 0 saturated heterocycles. The summed E-state index contributed by atoms with van der Waals surface area (Å²) in [6.07, 6.45) is -0.980. The molecule has 0 aliphatic carbocycles. The van der Waals surface area contributed by atoms with Crippen LogP contribution in [0.2, 0.25) is 0 Å². The maximum Gasteiger partial charge on any atom is 3.00 e. The van der Waals surface area contributed by atoms with E-state index in [9.17, 15) is 13.2 Å². The summed E-state index contributed by atoms with van der Waals surface area (Å²) in [6, 6.07) is 46.0. The molecule has 4 aromatic heterocycles. The molecule has 0 N–H and O–H groups in total. The van der Waals surface area contributed by atoms with Crippen molar-refractivity contribution in [3.8, 4) is 22.2 Å². The van der Waals surface area contributed by atoms with Crippen LogP contribution in [-0.2, 0) is 26.3 Å². The van der Waals surface area contributed by atoms with Crippen LogP contribution < -0.4 is 4.74 Å². The Kier molecular flexibility index (Phi) is 13.4. The predicted molar refractivity (Wildman–Crippen MR) is 258 cm³/mol. The summed E-state index contributed by atoms with van der Waals surface area (Å²) in [5, 5.41) is 38.4. The number of fused-ring (bicyclic) bond motifs is 6. The Morgan fingerprint density at radius 1 is 0.554 bits per heavy atom. The number of nitrogens with zero attached hydrogens (tertiary/aromatic N) is 6. The summed E-state index contributed by atoms with van der Waals surface area (Å²) in [7, 11) is 0. The molecule has 7 nitrogen and oxygen atoms in total. The van der Waals surface area contributed by atoms with Gasteiger partial charge in [0.25, 0.3) is 0 Å². The number of ether oxygens (including phenoxy) is 1. The Morgan fingerprint density at radius 3 is 1.49 bits per heavy atom. The minimum Gasteiger partial charge on any atom is -0.437 e. The zero-order valence-corrected chi connectivity index (χ0v) is 38.5. The van der Waals surface area contributed by atoms with E-state index in [2.05, 4.69) is 110 Å². The molecule has 0 bridgehead atoms. The van der Waals surface area contributed by atoms with E-state index in [4.69, 9.17) is 17.9 Å². The first-order valence-corrected chi connectivity index (χ1v) is 21.2. The molecule has 14 heteroatoms. The fourth-order valence-electron chi connectivity index (χ4n) is 7.20. The van der Waals surface area contributed by atoms with Gasteiger partial charge in [0.2, 0.25) is 5.88 Å². The molecule has 0 spiro atoms. The predicted octanol–water partition coefficient (Wildman–Crippen LogP) is 14.1. The van der Waals surface area contributed by atoms with E-state index >= 15 is 0 Å². The first-order chi connectivity index (χ1) is 31.0. The van der Waals surface area contributed by atoms with E-state index in [1.165, 1.54) is 34.2 Å². The zero-order chi connectivity index (χ0) is 44.4. The van der Waals surface area contributed by atoms with Gasteiger partial charge in [0, 0.05) is 11.1 Å². The van der Waals surface area contributed by atoms with Crippen LogP contribution in [0.1, 0.15) is 17.0 Å². The van der Waals surface area contributed by atoms with Crippen LogP contribution in [0.3, 0.4) is 0 Å². The van der Waals surface area contributed by atoms with Crippen LogP contribution in [0.5, 0.6) is 11.6 Å². The average molecular weight is 1090 g/mol. The Morgan fingerprint density at radius 2 is 1.03 bits per heavy atom. The van der Waals surface area contributed by atoms with Crippen molar-refractivity contribution in [1.82, 2.24) is 30.6 Å². The van der Waals surface area contributed by atoms with E-state index in [1.807, 2.05) is 72.1 Å². The number of thiol groups is 2. The van der Waals surface area contributed by atoms with Gasteiger partial charge in [-0.1, -0.05) is 113 Å². The van der Waals surface area contributed by atoms with E-state index in [1.54, 1.807) is 12.4 Å². The molecule has 0 radical (unpaired) electrons. The van der Waals surface area contributed by atoms with Crippen molar-refractivity contribution in [3.63, 3.8) is 0 Å². The molecule has 0 aliphatic heterocycles. The maximum atomic E-state index is 13.1. The summed E-state index contributed by atoms with van der Waals surface area (Å²) >= 11 is 9.79. The van der Waals surface area contributed by atoms with E-state index in [0.717, 1.165) is 65.5 Å². The monoisotopic (exact) mass is 1090 g/mol. The molecule has 0 fully saturated rings. The smallest absolute Gasteiger partial charge is 0.437 e. The second kappa shape index (κ2) is 19.3. The van der Waals surface area contributed by atoms with E-state index in [0.29, 0.717) is 32.3 Å². The first kappa shape index (κ1) is 45.0. The molecule has 0 aliphatic rings. The molecule has 11 aromatic rings. The summed E-state index contributed by atoms with van der Waals surface area (Å²) in [6.45, 7) is 11.4. The SMILES string of the molecule is FC(F)(F)c1cccc(Oc2nnc(-c3[c-]ccs3)c3cc4ccccc4cc23)c1.[CH-]=C(S)c1nncc2cc3ccccc3cc12.[CH-]=C(S)c1nncc2cc3ccccc3cc12.[Ir+3]. The Labute approximate surface area is 398 Å². The fraction of sp³-hybridized carbons (Fsp3) is 0.0196. The standard InChI is InChI=1S/C23H12F3N2OS.2C14H9N2S.Ir/c24-23(25,26)16-7-3-8-17(13-16)29-22-19-12-15-6-2-1-5-14(15)11-18(19)21(27-28-22)20-9-4-10-30-20;2*1-9(17)14-13-7-11-5-3-2-4-10(11)6-12(13)8-15-16-14;/h1-8,10-13H;2*1-8,17H;/q3*-1;+3. The first-order valence-electron chi connectivity index (χ1n) is 19.4. The Balaban J connectivity index is 0.000000141. The van der Waals surface area contributed by atoms with Gasteiger partial charge in [0.1, 0.15) is 5.75 Å². The van der Waals surface area contributed by atoms with Gasteiger partial charge in [-0.25, -0.2) is 26.6 Å². The third-order valence-electron chi connectivity index (χ3n) is 10.2. The van der Waals surface area contributed by atoms with Crippen molar-refractivity contribution < 1.29 is 38.0 Å². The van der Waals surface area contributed by atoms with Crippen molar-refractivity contribution >= 4 is 111 Å².